The SMILES string of the molecule is CCCOc1cc(C)ccc1CN=C(N)NC(C)CC.I. The van der Waals surface area contributed by atoms with Crippen LogP contribution >= 0.6 is 24.0 Å². The van der Waals surface area contributed by atoms with E-state index in [1.54, 1.807) is 0 Å². The number of rotatable bonds is 7. The van der Waals surface area contributed by atoms with Crippen molar-refractivity contribution in [2.45, 2.75) is 53.1 Å². The van der Waals surface area contributed by atoms with Gasteiger partial charge in [-0.15, -0.1) is 24.0 Å². The third-order valence-corrected chi connectivity index (χ3v) is 3.11. The van der Waals surface area contributed by atoms with Gasteiger partial charge in [-0.2, -0.15) is 0 Å². The summed E-state index contributed by atoms with van der Waals surface area (Å²) in [4.78, 5) is 4.38. The zero-order chi connectivity index (χ0) is 15.0. The largest absolute Gasteiger partial charge is 0.493 e. The minimum absolute atomic E-state index is 0. The van der Waals surface area contributed by atoms with Crippen molar-refractivity contribution in [1.82, 2.24) is 5.32 Å². The second kappa shape index (κ2) is 10.7. The van der Waals surface area contributed by atoms with Crippen molar-refractivity contribution >= 4 is 29.9 Å². The van der Waals surface area contributed by atoms with E-state index in [0.717, 1.165) is 30.8 Å². The number of benzene rings is 1. The fourth-order valence-corrected chi connectivity index (χ4v) is 1.71. The molecular weight excluding hydrogens is 377 g/mol. The molecule has 0 aliphatic heterocycles. The predicted octanol–water partition coefficient (Wildman–Crippen LogP) is 3.60. The number of nitrogens with zero attached hydrogens (tertiary/aromatic N) is 1. The zero-order valence-electron chi connectivity index (χ0n) is 13.5. The van der Waals surface area contributed by atoms with E-state index in [1.165, 1.54) is 5.56 Å². The summed E-state index contributed by atoms with van der Waals surface area (Å²) in [6.45, 7) is 9.62. The Morgan fingerprint density at radius 2 is 2.10 bits per heavy atom. The molecule has 0 aliphatic rings. The second-order valence-electron chi connectivity index (χ2n) is 5.11. The molecular formula is C16H28IN3O. The maximum Gasteiger partial charge on any atom is 0.189 e. The first-order chi connectivity index (χ1) is 9.56. The number of guanidine groups is 1. The molecule has 1 aromatic rings. The molecule has 1 atom stereocenters. The van der Waals surface area contributed by atoms with Crippen LogP contribution in [-0.2, 0) is 6.54 Å². The summed E-state index contributed by atoms with van der Waals surface area (Å²) in [6, 6.07) is 6.52. The topological polar surface area (TPSA) is 59.6 Å². The number of aliphatic imine (C=N–C) groups is 1. The van der Waals surface area contributed by atoms with Crippen LogP contribution in [0.15, 0.2) is 23.2 Å². The summed E-state index contributed by atoms with van der Waals surface area (Å²) < 4.78 is 5.77. The first kappa shape index (κ1) is 20.0. The van der Waals surface area contributed by atoms with Crippen molar-refractivity contribution in [3.8, 4) is 5.75 Å². The lowest BCUT2D eigenvalue weighted by Crippen LogP contribution is -2.38. The van der Waals surface area contributed by atoms with Crippen LogP contribution in [-0.4, -0.2) is 18.6 Å². The van der Waals surface area contributed by atoms with Gasteiger partial charge in [0.15, 0.2) is 5.96 Å². The molecule has 5 heteroatoms. The lowest BCUT2D eigenvalue weighted by atomic mass is 10.1. The van der Waals surface area contributed by atoms with Crippen LogP contribution in [0, 0.1) is 6.92 Å². The van der Waals surface area contributed by atoms with Crippen LogP contribution in [0.2, 0.25) is 0 Å². The van der Waals surface area contributed by atoms with E-state index in [9.17, 15) is 0 Å². The summed E-state index contributed by atoms with van der Waals surface area (Å²) >= 11 is 0. The first-order valence-electron chi connectivity index (χ1n) is 7.35. The van der Waals surface area contributed by atoms with Gasteiger partial charge >= 0.3 is 0 Å². The Hall–Kier alpha value is -0.980. The Labute approximate surface area is 145 Å². The lowest BCUT2D eigenvalue weighted by molar-refractivity contribution is 0.314. The number of aryl methyl sites for hydroxylation is 1. The van der Waals surface area contributed by atoms with Gasteiger partial charge in [0.25, 0.3) is 0 Å². The second-order valence-corrected chi connectivity index (χ2v) is 5.11. The summed E-state index contributed by atoms with van der Waals surface area (Å²) in [5, 5.41) is 3.16. The van der Waals surface area contributed by atoms with Crippen molar-refractivity contribution in [3.05, 3.63) is 29.3 Å². The molecule has 0 saturated carbocycles. The van der Waals surface area contributed by atoms with Gasteiger partial charge in [0, 0.05) is 11.6 Å². The molecule has 0 aromatic heterocycles. The van der Waals surface area contributed by atoms with Gasteiger partial charge in [0.2, 0.25) is 0 Å². The third kappa shape index (κ3) is 7.55. The highest BCUT2D eigenvalue weighted by atomic mass is 127. The highest BCUT2D eigenvalue weighted by Gasteiger charge is 2.05. The predicted molar refractivity (Wildman–Crippen MR) is 101 cm³/mol. The van der Waals surface area contributed by atoms with Crippen LogP contribution in [0.3, 0.4) is 0 Å². The van der Waals surface area contributed by atoms with Gasteiger partial charge in [0.05, 0.1) is 13.2 Å². The smallest absolute Gasteiger partial charge is 0.189 e. The lowest BCUT2D eigenvalue weighted by Gasteiger charge is -2.13. The third-order valence-electron chi connectivity index (χ3n) is 3.11. The fourth-order valence-electron chi connectivity index (χ4n) is 1.71. The minimum atomic E-state index is 0. The quantitative estimate of drug-likeness (QED) is 0.414. The molecule has 0 amide bonds. The number of ether oxygens (including phenoxy) is 1. The highest BCUT2D eigenvalue weighted by Crippen LogP contribution is 2.21. The Kier molecular flexibility index (Phi) is 10.2. The maximum absolute atomic E-state index is 5.88. The number of nitrogens with one attached hydrogen (secondary N) is 1. The molecule has 0 fully saturated rings. The van der Waals surface area contributed by atoms with E-state index < -0.39 is 0 Å². The van der Waals surface area contributed by atoms with Crippen LogP contribution in [0.1, 0.15) is 44.7 Å². The summed E-state index contributed by atoms with van der Waals surface area (Å²) in [5.41, 5.74) is 8.13. The van der Waals surface area contributed by atoms with Gasteiger partial charge in [-0.25, -0.2) is 4.99 Å². The summed E-state index contributed by atoms with van der Waals surface area (Å²) in [6.07, 6.45) is 2.01. The minimum Gasteiger partial charge on any atom is -0.493 e. The first-order valence-corrected chi connectivity index (χ1v) is 7.35. The van der Waals surface area contributed by atoms with E-state index in [1.807, 2.05) is 0 Å². The number of halogens is 1. The zero-order valence-corrected chi connectivity index (χ0v) is 15.8. The normalized spacial score (nSPS) is 12.5. The molecule has 0 saturated heterocycles. The van der Waals surface area contributed by atoms with E-state index >= 15 is 0 Å². The van der Waals surface area contributed by atoms with Crippen molar-refractivity contribution < 1.29 is 4.74 Å². The van der Waals surface area contributed by atoms with Crippen LogP contribution in [0.4, 0.5) is 0 Å². The molecule has 0 bridgehead atoms. The van der Waals surface area contributed by atoms with Crippen molar-refractivity contribution in [2.24, 2.45) is 10.7 Å². The van der Waals surface area contributed by atoms with Crippen molar-refractivity contribution in [1.29, 1.82) is 0 Å². The molecule has 3 N–H and O–H groups in total. The van der Waals surface area contributed by atoms with E-state index in [0.29, 0.717) is 18.5 Å². The van der Waals surface area contributed by atoms with Crippen molar-refractivity contribution in [3.63, 3.8) is 0 Å². The van der Waals surface area contributed by atoms with E-state index in [4.69, 9.17) is 10.5 Å². The van der Waals surface area contributed by atoms with Crippen LogP contribution in [0.25, 0.3) is 0 Å². The average Bonchev–Trinajstić information content (AvgIpc) is 2.43. The molecule has 120 valence electrons. The number of nitrogens with two attached hydrogens (primary N) is 1. The number of hydrogen-bond acceptors (Lipinski definition) is 2. The molecule has 0 spiro atoms. The molecule has 21 heavy (non-hydrogen) atoms. The van der Waals surface area contributed by atoms with Gasteiger partial charge in [0.1, 0.15) is 5.75 Å². The maximum atomic E-state index is 5.88. The van der Waals surface area contributed by atoms with Crippen molar-refractivity contribution in [2.75, 3.05) is 6.61 Å². The molecule has 0 radical (unpaired) electrons. The monoisotopic (exact) mass is 405 g/mol. The number of hydrogen-bond donors (Lipinski definition) is 2. The van der Waals surface area contributed by atoms with Crippen LogP contribution < -0.4 is 15.8 Å². The molecule has 0 aliphatic carbocycles. The van der Waals surface area contributed by atoms with Gasteiger partial charge in [-0.1, -0.05) is 26.0 Å². The van der Waals surface area contributed by atoms with Gasteiger partial charge in [-0.05, 0) is 38.3 Å². The molecule has 1 aromatic carbocycles. The summed E-state index contributed by atoms with van der Waals surface area (Å²) in [7, 11) is 0. The summed E-state index contributed by atoms with van der Waals surface area (Å²) in [5.74, 6) is 1.40. The Morgan fingerprint density at radius 3 is 2.71 bits per heavy atom. The molecule has 1 rings (SSSR count). The standard InChI is InChI=1S/C16H27N3O.HI/c1-5-9-20-15-10-12(3)7-8-14(15)11-18-16(17)19-13(4)6-2;/h7-8,10,13H,5-6,9,11H2,1-4H3,(H3,17,18,19);1H. The van der Waals surface area contributed by atoms with E-state index in [2.05, 4.69) is 56.2 Å². The highest BCUT2D eigenvalue weighted by molar-refractivity contribution is 14.0. The van der Waals surface area contributed by atoms with Gasteiger partial charge < -0.3 is 15.8 Å². The Bertz CT molecular complexity index is 449. The molecule has 1 unspecified atom stereocenters. The van der Waals surface area contributed by atoms with Gasteiger partial charge in [-0.3, -0.25) is 0 Å². The van der Waals surface area contributed by atoms with E-state index in [-0.39, 0.29) is 24.0 Å². The molecule has 0 heterocycles. The van der Waals surface area contributed by atoms with Crippen LogP contribution in [0.5, 0.6) is 5.75 Å². The average molecular weight is 405 g/mol. The Balaban J connectivity index is 0.00000400. The Morgan fingerprint density at radius 1 is 1.38 bits per heavy atom. The molecule has 4 nitrogen and oxygen atoms in total. The fraction of sp³-hybridized carbons (Fsp3) is 0.562.